The highest BCUT2D eigenvalue weighted by Crippen LogP contribution is 2.21. The fourth-order valence-corrected chi connectivity index (χ4v) is 2.65. The molecule has 0 saturated carbocycles. The Labute approximate surface area is 125 Å². The highest BCUT2D eigenvalue weighted by Gasteiger charge is 2.09. The Hall–Kier alpha value is -2.05. The molecule has 0 spiro atoms. The van der Waals surface area contributed by atoms with Crippen molar-refractivity contribution < 1.29 is 0 Å². The summed E-state index contributed by atoms with van der Waals surface area (Å²) in [5, 5.41) is 6.27. The summed E-state index contributed by atoms with van der Waals surface area (Å²) in [6.45, 7) is 0.602. The highest BCUT2D eigenvalue weighted by atomic mass is 32.1. The van der Waals surface area contributed by atoms with Gasteiger partial charge in [-0.15, -0.1) is 11.3 Å². The number of thiocarbonyl (C=S) groups is 1. The van der Waals surface area contributed by atoms with Crippen LogP contribution in [0.1, 0.15) is 11.3 Å². The van der Waals surface area contributed by atoms with Crippen molar-refractivity contribution in [2.24, 2.45) is 5.73 Å². The standard InChI is InChI=1S/C14H12N4S2/c15-13(19)11-5-9-3-1-2-4-12(9)18-14(11)16-6-10-7-20-8-17-10/h1-5,7-8H,6H2,(H2,15,19)(H,16,18). The number of nitrogens with zero attached hydrogens (tertiary/aromatic N) is 2. The van der Waals surface area contributed by atoms with E-state index in [2.05, 4.69) is 15.3 Å². The quantitative estimate of drug-likeness (QED) is 0.725. The van der Waals surface area contributed by atoms with E-state index in [9.17, 15) is 0 Å². The van der Waals surface area contributed by atoms with Gasteiger partial charge in [0, 0.05) is 10.8 Å². The third-order valence-electron chi connectivity index (χ3n) is 2.91. The average Bonchev–Trinajstić information content (AvgIpc) is 2.97. The van der Waals surface area contributed by atoms with Crippen molar-refractivity contribution in [3.05, 3.63) is 52.5 Å². The highest BCUT2D eigenvalue weighted by molar-refractivity contribution is 7.80. The molecule has 1 aromatic carbocycles. The molecule has 0 amide bonds. The molecule has 0 fully saturated rings. The predicted molar refractivity (Wildman–Crippen MR) is 87.1 cm³/mol. The van der Waals surface area contributed by atoms with E-state index >= 15 is 0 Å². The minimum Gasteiger partial charge on any atom is -0.389 e. The van der Waals surface area contributed by atoms with E-state index in [1.807, 2.05) is 35.7 Å². The second-order valence-corrected chi connectivity index (χ2v) is 5.43. The van der Waals surface area contributed by atoms with E-state index in [4.69, 9.17) is 18.0 Å². The SMILES string of the molecule is NC(=S)c1cc2ccccc2nc1NCc1cscn1. The normalized spacial score (nSPS) is 10.6. The number of anilines is 1. The Morgan fingerprint density at radius 3 is 2.95 bits per heavy atom. The minimum atomic E-state index is 0.337. The number of thiazole rings is 1. The summed E-state index contributed by atoms with van der Waals surface area (Å²) < 4.78 is 0. The number of nitrogens with two attached hydrogens (primary N) is 1. The Morgan fingerprint density at radius 2 is 2.20 bits per heavy atom. The zero-order valence-corrected chi connectivity index (χ0v) is 12.2. The maximum absolute atomic E-state index is 5.79. The van der Waals surface area contributed by atoms with Gasteiger partial charge in [0.2, 0.25) is 0 Å². The van der Waals surface area contributed by atoms with Crippen molar-refractivity contribution in [3.8, 4) is 0 Å². The fraction of sp³-hybridized carbons (Fsp3) is 0.0714. The van der Waals surface area contributed by atoms with Crippen molar-refractivity contribution in [1.29, 1.82) is 0 Å². The molecular formula is C14H12N4S2. The molecule has 2 aromatic heterocycles. The van der Waals surface area contributed by atoms with E-state index < -0.39 is 0 Å². The van der Waals surface area contributed by atoms with Gasteiger partial charge in [-0.1, -0.05) is 30.4 Å². The molecule has 3 aromatic rings. The summed E-state index contributed by atoms with van der Waals surface area (Å²) in [6.07, 6.45) is 0. The molecule has 0 saturated heterocycles. The van der Waals surface area contributed by atoms with Crippen LogP contribution in [0.5, 0.6) is 0 Å². The molecule has 0 radical (unpaired) electrons. The van der Waals surface area contributed by atoms with Gasteiger partial charge in [-0.05, 0) is 12.1 Å². The molecule has 0 aliphatic heterocycles. The van der Waals surface area contributed by atoms with Crippen LogP contribution in [-0.2, 0) is 6.54 Å². The molecule has 4 nitrogen and oxygen atoms in total. The number of hydrogen-bond donors (Lipinski definition) is 2. The van der Waals surface area contributed by atoms with Gasteiger partial charge in [0.25, 0.3) is 0 Å². The first-order valence-electron chi connectivity index (χ1n) is 6.04. The topological polar surface area (TPSA) is 63.8 Å². The van der Waals surface area contributed by atoms with Crippen LogP contribution in [0.25, 0.3) is 10.9 Å². The molecule has 0 aliphatic carbocycles. The summed E-state index contributed by atoms with van der Waals surface area (Å²) in [7, 11) is 0. The molecule has 6 heteroatoms. The second-order valence-electron chi connectivity index (χ2n) is 4.27. The van der Waals surface area contributed by atoms with Crippen molar-refractivity contribution in [2.75, 3.05) is 5.32 Å². The number of fused-ring (bicyclic) bond motifs is 1. The van der Waals surface area contributed by atoms with Crippen molar-refractivity contribution in [3.63, 3.8) is 0 Å². The van der Waals surface area contributed by atoms with Crippen LogP contribution < -0.4 is 11.1 Å². The average molecular weight is 300 g/mol. The minimum absolute atomic E-state index is 0.337. The van der Waals surface area contributed by atoms with E-state index in [1.54, 1.807) is 16.8 Å². The summed E-state index contributed by atoms with van der Waals surface area (Å²) in [4.78, 5) is 9.16. The summed E-state index contributed by atoms with van der Waals surface area (Å²) in [5.41, 5.74) is 10.2. The third-order valence-corrected chi connectivity index (χ3v) is 3.77. The largest absolute Gasteiger partial charge is 0.389 e. The molecule has 2 heterocycles. The molecule has 3 N–H and O–H groups in total. The molecule has 0 aliphatic rings. The monoisotopic (exact) mass is 300 g/mol. The van der Waals surface area contributed by atoms with E-state index in [0.29, 0.717) is 17.4 Å². The summed E-state index contributed by atoms with van der Waals surface area (Å²) in [5.74, 6) is 0.698. The van der Waals surface area contributed by atoms with Gasteiger partial charge in [-0.2, -0.15) is 0 Å². The van der Waals surface area contributed by atoms with Gasteiger partial charge >= 0.3 is 0 Å². The molecular weight excluding hydrogens is 288 g/mol. The lowest BCUT2D eigenvalue weighted by molar-refractivity contribution is 1.06. The molecule has 0 unspecified atom stereocenters. The number of hydrogen-bond acceptors (Lipinski definition) is 5. The first-order chi connectivity index (χ1) is 9.74. The molecule has 3 rings (SSSR count). The maximum atomic E-state index is 5.79. The third kappa shape index (κ3) is 2.61. The molecule has 0 bridgehead atoms. The van der Waals surface area contributed by atoms with Crippen LogP contribution in [-0.4, -0.2) is 15.0 Å². The maximum Gasteiger partial charge on any atom is 0.137 e. The van der Waals surface area contributed by atoms with Crippen LogP contribution in [0, 0.1) is 0 Å². The van der Waals surface area contributed by atoms with Crippen molar-refractivity contribution in [1.82, 2.24) is 9.97 Å². The number of para-hydroxylation sites is 1. The first-order valence-corrected chi connectivity index (χ1v) is 7.39. The van der Waals surface area contributed by atoms with Crippen LogP contribution in [0.2, 0.25) is 0 Å². The van der Waals surface area contributed by atoms with Gasteiger partial charge in [0.05, 0.1) is 28.8 Å². The fourth-order valence-electron chi connectivity index (χ4n) is 1.94. The molecule has 0 atom stereocenters. The number of nitrogens with one attached hydrogen (secondary N) is 1. The first kappa shape index (κ1) is 13.0. The summed E-state index contributed by atoms with van der Waals surface area (Å²) in [6, 6.07) is 9.85. The summed E-state index contributed by atoms with van der Waals surface area (Å²) >= 11 is 6.68. The van der Waals surface area contributed by atoms with Crippen molar-refractivity contribution >= 4 is 45.3 Å². The number of aromatic nitrogens is 2. The van der Waals surface area contributed by atoms with E-state index in [0.717, 1.165) is 22.2 Å². The predicted octanol–water partition coefficient (Wildman–Crippen LogP) is 2.94. The molecule has 100 valence electrons. The van der Waals surface area contributed by atoms with Crippen LogP contribution in [0.4, 0.5) is 5.82 Å². The lowest BCUT2D eigenvalue weighted by Crippen LogP contribution is -2.14. The van der Waals surface area contributed by atoms with Gasteiger partial charge < -0.3 is 11.1 Å². The van der Waals surface area contributed by atoms with Gasteiger partial charge in [0.1, 0.15) is 10.8 Å². The lowest BCUT2D eigenvalue weighted by Gasteiger charge is -2.11. The zero-order valence-electron chi connectivity index (χ0n) is 10.5. The lowest BCUT2D eigenvalue weighted by atomic mass is 10.1. The Balaban J connectivity index is 1.98. The Bertz CT molecular complexity index is 753. The second kappa shape index (κ2) is 5.52. The smallest absolute Gasteiger partial charge is 0.137 e. The number of pyridine rings is 1. The van der Waals surface area contributed by atoms with Gasteiger partial charge in [-0.3, -0.25) is 0 Å². The molecule has 20 heavy (non-hydrogen) atoms. The zero-order chi connectivity index (χ0) is 13.9. The Kier molecular flexibility index (Phi) is 3.58. The van der Waals surface area contributed by atoms with Gasteiger partial charge in [-0.25, -0.2) is 9.97 Å². The number of benzene rings is 1. The van der Waals surface area contributed by atoms with E-state index in [1.165, 1.54) is 0 Å². The number of rotatable bonds is 4. The van der Waals surface area contributed by atoms with E-state index in [-0.39, 0.29) is 0 Å². The van der Waals surface area contributed by atoms with Crippen LogP contribution in [0.3, 0.4) is 0 Å². The van der Waals surface area contributed by atoms with Crippen LogP contribution in [0.15, 0.2) is 41.2 Å². The Morgan fingerprint density at radius 1 is 1.35 bits per heavy atom. The van der Waals surface area contributed by atoms with Crippen molar-refractivity contribution in [2.45, 2.75) is 6.54 Å². The van der Waals surface area contributed by atoms with Crippen LogP contribution >= 0.6 is 23.6 Å². The van der Waals surface area contributed by atoms with Gasteiger partial charge in [0.15, 0.2) is 0 Å².